The average molecular weight is 313 g/mol. The van der Waals surface area contributed by atoms with E-state index in [0.717, 1.165) is 25.1 Å². The molecule has 0 radical (unpaired) electrons. The van der Waals surface area contributed by atoms with Gasteiger partial charge in [0, 0.05) is 39.1 Å². The summed E-state index contributed by atoms with van der Waals surface area (Å²) in [5.74, 6) is 0.523. The van der Waals surface area contributed by atoms with Crippen LogP contribution in [-0.2, 0) is 23.6 Å². The van der Waals surface area contributed by atoms with Crippen molar-refractivity contribution in [3.63, 3.8) is 0 Å². The van der Waals surface area contributed by atoms with E-state index >= 15 is 0 Å². The van der Waals surface area contributed by atoms with Crippen LogP contribution < -0.4 is 5.32 Å². The van der Waals surface area contributed by atoms with Crippen LogP contribution in [0.3, 0.4) is 0 Å². The van der Waals surface area contributed by atoms with Crippen LogP contribution in [0.5, 0.6) is 0 Å². The second kappa shape index (κ2) is 6.94. The number of aromatic nitrogens is 1. The van der Waals surface area contributed by atoms with Crippen LogP contribution >= 0.6 is 0 Å². The van der Waals surface area contributed by atoms with Crippen LogP contribution in [0, 0.1) is 5.92 Å². The summed E-state index contributed by atoms with van der Waals surface area (Å²) in [6.45, 7) is 4.24. The molecule has 1 aliphatic rings. The first-order valence-corrected chi connectivity index (χ1v) is 9.21. The molecule has 0 atom stereocenters. The van der Waals surface area contributed by atoms with Crippen molar-refractivity contribution in [1.29, 1.82) is 0 Å². The standard InChI is InChI=1S/C15H27N3O2S/c1-4-16-10-14-9-15(12-17(14)2)21(19,20)18(3)11-13-7-5-6-8-13/h9,12-13,16H,4-8,10-11H2,1-3H3. The van der Waals surface area contributed by atoms with Gasteiger partial charge in [-0.05, 0) is 31.4 Å². The Bertz CT molecular complexity index is 559. The molecule has 6 heteroatoms. The van der Waals surface area contributed by atoms with Gasteiger partial charge in [0.15, 0.2) is 0 Å². The van der Waals surface area contributed by atoms with Crippen LogP contribution in [0.2, 0.25) is 0 Å². The summed E-state index contributed by atoms with van der Waals surface area (Å²) >= 11 is 0. The minimum atomic E-state index is -3.37. The van der Waals surface area contributed by atoms with Gasteiger partial charge in [-0.3, -0.25) is 0 Å². The van der Waals surface area contributed by atoms with Gasteiger partial charge in [-0.15, -0.1) is 0 Å². The molecule has 21 heavy (non-hydrogen) atoms. The molecule has 0 aliphatic heterocycles. The van der Waals surface area contributed by atoms with E-state index in [1.807, 2.05) is 18.5 Å². The summed E-state index contributed by atoms with van der Waals surface area (Å²) in [6, 6.07) is 1.78. The summed E-state index contributed by atoms with van der Waals surface area (Å²) in [7, 11) is 0.222. The fraction of sp³-hybridized carbons (Fsp3) is 0.733. The molecular formula is C15H27N3O2S. The average Bonchev–Trinajstić information content (AvgIpc) is 3.06. The third-order valence-electron chi connectivity index (χ3n) is 4.34. The fourth-order valence-corrected chi connectivity index (χ4v) is 4.32. The molecule has 1 heterocycles. The minimum Gasteiger partial charge on any atom is -0.352 e. The molecule has 2 rings (SSSR count). The monoisotopic (exact) mass is 313 g/mol. The maximum absolute atomic E-state index is 12.7. The van der Waals surface area contributed by atoms with Crippen molar-refractivity contribution >= 4 is 10.0 Å². The molecule has 0 aromatic carbocycles. The van der Waals surface area contributed by atoms with E-state index in [1.54, 1.807) is 19.3 Å². The zero-order chi connectivity index (χ0) is 15.5. The van der Waals surface area contributed by atoms with E-state index in [0.29, 0.717) is 23.9 Å². The highest BCUT2D eigenvalue weighted by Gasteiger charge is 2.26. The lowest BCUT2D eigenvalue weighted by Gasteiger charge is -2.20. The molecule has 120 valence electrons. The molecular weight excluding hydrogens is 286 g/mol. The Morgan fingerprint density at radius 2 is 2.05 bits per heavy atom. The van der Waals surface area contributed by atoms with Crippen molar-refractivity contribution in [2.75, 3.05) is 20.1 Å². The lowest BCUT2D eigenvalue weighted by atomic mass is 10.1. The number of hydrogen-bond donors (Lipinski definition) is 1. The SMILES string of the molecule is CCNCc1cc(S(=O)(=O)N(C)CC2CCCC2)cn1C. The molecule has 5 nitrogen and oxygen atoms in total. The molecule has 1 aliphatic carbocycles. The number of nitrogens with one attached hydrogen (secondary N) is 1. The Morgan fingerprint density at radius 1 is 1.38 bits per heavy atom. The van der Waals surface area contributed by atoms with Gasteiger partial charge in [0.2, 0.25) is 10.0 Å². The van der Waals surface area contributed by atoms with Gasteiger partial charge in [-0.25, -0.2) is 12.7 Å². The van der Waals surface area contributed by atoms with Gasteiger partial charge in [0.05, 0.1) is 0 Å². The number of nitrogens with zero attached hydrogens (tertiary/aromatic N) is 2. The van der Waals surface area contributed by atoms with Gasteiger partial charge in [-0.2, -0.15) is 0 Å². The lowest BCUT2D eigenvalue weighted by molar-refractivity contribution is 0.387. The van der Waals surface area contributed by atoms with Crippen molar-refractivity contribution in [3.05, 3.63) is 18.0 Å². The van der Waals surface area contributed by atoms with E-state index in [-0.39, 0.29) is 0 Å². The third-order valence-corrected chi connectivity index (χ3v) is 6.13. The summed E-state index contributed by atoms with van der Waals surface area (Å²) in [4.78, 5) is 0.401. The highest BCUT2D eigenvalue weighted by molar-refractivity contribution is 7.89. The summed E-state index contributed by atoms with van der Waals surface area (Å²) in [6.07, 6.45) is 6.49. The molecule has 0 saturated heterocycles. The predicted octanol–water partition coefficient (Wildman–Crippen LogP) is 1.95. The smallest absolute Gasteiger partial charge is 0.244 e. The summed E-state index contributed by atoms with van der Waals surface area (Å²) < 4.78 is 28.7. The van der Waals surface area contributed by atoms with Crippen molar-refractivity contribution in [2.24, 2.45) is 13.0 Å². The zero-order valence-electron chi connectivity index (χ0n) is 13.3. The quantitative estimate of drug-likeness (QED) is 0.837. The van der Waals surface area contributed by atoms with E-state index < -0.39 is 10.0 Å². The maximum atomic E-state index is 12.7. The number of hydrogen-bond acceptors (Lipinski definition) is 3. The molecule has 1 saturated carbocycles. The first-order valence-electron chi connectivity index (χ1n) is 7.77. The second-order valence-electron chi connectivity index (χ2n) is 5.99. The van der Waals surface area contributed by atoms with E-state index in [4.69, 9.17) is 0 Å². The summed E-state index contributed by atoms with van der Waals surface area (Å²) in [5, 5.41) is 3.23. The maximum Gasteiger partial charge on any atom is 0.244 e. The largest absolute Gasteiger partial charge is 0.352 e. The van der Waals surface area contributed by atoms with Gasteiger partial charge in [0.25, 0.3) is 0 Å². The Labute approximate surface area is 128 Å². The van der Waals surface area contributed by atoms with Crippen LogP contribution in [0.1, 0.15) is 38.3 Å². The van der Waals surface area contributed by atoms with E-state index in [9.17, 15) is 8.42 Å². The first kappa shape index (κ1) is 16.5. The topological polar surface area (TPSA) is 54.3 Å². The number of sulfonamides is 1. The second-order valence-corrected chi connectivity index (χ2v) is 8.04. The van der Waals surface area contributed by atoms with Crippen molar-refractivity contribution in [1.82, 2.24) is 14.2 Å². The molecule has 1 N–H and O–H groups in total. The van der Waals surface area contributed by atoms with Crippen molar-refractivity contribution in [3.8, 4) is 0 Å². The molecule has 1 aromatic heterocycles. The van der Waals surface area contributed by atoms with Gasteiger partial charge in [0.1, 0.15) is 4.90 Å². The highest BCUT2D eigenvalue weighted by atomic mass is 32.2. The van der Waals surface area contributed by atoms with E-state index in [2.05, 4.69) is 5.32 Å². The molecule has 0 spiro atoms. The molecule has 0 amide bonds. The van der Waals surface area contributed by atoms with Crippen LogP contribution in [0.15, 0.2) is 17.2 Å². The number of rotatable bonds is 7. The van der Waals surface area contributed by atoms with Crippen LogP contribution in [-0.4, -0.2) is 37.4 Å². The molecule has 1 aromatic rings. The Balaban J connectivity index is 2.10. The molecule has 0 unspecified atom stereocenters. The Hall–Kier alpha value is -0.850. The normalized spacial score (nSPS) is 17.0. The van der Waals surface area contributed by atoms with Gasteiger partial charge < -0.3 is 9.88 Å². The highest BCUT2D eigenvalue weighted by Crippen LogP contribution is 2.27. The minimum absolute atomic E-state index is 0.401. The van der Waals surface area contributed by atoms with E-state index in [1.165, 1.54) is 17.1 Å². The third kappa shape index (κ3) is 3.87. The Kier molecular flexibility index (Phi) is 5.46. The van der Waals surface area contributed by atoms with Gasteiger partial charge in [-0.1, -0.05) is 19.8 Å². The Morgan fingerprint density at radius 3 is 2.67 bits per heavy atom. The van der Waals surface area contributed by atoms with Crippen LogP contribution in [0.25, 0.3) is 0 Å². The van der Waals surface area contributed by atoms with Crippen LogP contribution in [0.4, 0.5) is 0 Å². The molecule has 0 bridgehead atoms. The summed E-state index contributed by atoms with van der Waals surface area (Å²) in [5.41, 5.74) is 0.990. The zero-order valence-corrected chi connectivity index (χ0v) is 14.1. The van der Waals surface area contributed by atoms with Crippen molar-refractivity contribution < 1.29 is 8.42 Å². The fourth-order valence-electron chi connectivity index (χ4n) is 2.98. The number of aryl methyl sites for hydroxylation is 1. The molecule has 1 fully saturated rings. The lowest BCUT2D eigenvalue weighted by Crippen LogP contribution is -2.31. The van der Waals surface area contributed by atoms with Gasteiger partial charge >= 0.3 is 0 Å². The predicted molar refractivity (Wildman–Crippen MR) is 84.6 cm³/mol. The van der Waals surface area contributed by atoms with Crippen molar-refractivity contribution in [2.45, 2.75) is 44.0 Å². The first-order chi connectivity index (χ1) is 9.95.